The van der Waals surface area contributed by atoms with Crippen LogP contribution in [0.4, 0.5) is 13.2 Å². The maximum absolute atomic E-state index is 14.7. The highest BCUT2D eigenvalue weighted by Gasteiger charge is 2.18. The molecule has 0 radical (unpaired) electrons. The van der Waals surface area contributed by atoms with Crippen molar-refractivity contribution in [2.75, 3.05) is 0 Å². The summed E-state index contributed by atoms with van der Waals surface area (Å²) in [6, 6.07) is 8.04. The van der Waals surface area contributed by atoms with Crippen molar-refractivity contribution >= 4 is 16.9 Å². The number of fused-ring (bicyclic) bond motifs is 1. The van der Waals surface area contributed by atoms with E-state index in [1.807, 2.05) is 0 Å². The molecule has 0 unspecified atom stereocenters. The number of nitrogens with one attached hydrogen (secondary N) is 2. The molecule has 3 N–H and O–H groups in total. The lowest BCUT2D eigenvalue weighted by atomic mass is 10.2. The summed E-state index contributed by atoms with van der Waals surface area (Å²) < 4.78 is 50.7. The molecule has 5 aromatic rings. The number of rotatable bonds is 8. The standard InChI is InChI=1S/C24H18F3N5O3/c25-18-2-1-15(35-23-19(26)11-20-16(22(23)27)3-6-28-20)10-17(18)24-29-12-14(30-24)9-13-4-7-32(31-13)8-5-21(33)34/h1-4,6-7,10-12,28H,5,8-9H2,(H,29,30)(H,33,34). The first-order chi connectivity index (χ1) is 16.9. The van der Waals surface area contributed by atoms with Crippen LogP contribution in [0.5, 0.6) is 11.5 Å². The van der Waals surface area contributed by atoms with Crippen molar-refractivity contribution in [2.45, 2.75) is 19.4 Å². The van der Waals surface area contributed by atoms with Crippen molar-refractivity contribution in [3.63, 3.8) is 0 Å². The summed E-state index contributed by atoms with van der Waals surface area (Å²) in [4.78, 5) is 20.7. The van der Waals surface area contributed by atoms with Crippen LogP contribution < -0.4 is 4.74 Å². The number of carboxylic acid groups (broad SMARTS) is 1. The van der Waals surface area contributed by atoms with Gasteiger partial charge in [-0.1, -0.05) is 0 Å². The molecule has 0 bridgehead atoms. The Hall–Kier alpha value is -4.54. The number of imidazole rings is 1. The predicted octanol–water partition coefficient (Wildman–Crippen LogP) is 5.03. The van der Waals surface area contributed by atoms with Gasteiger partial charge in [-0.05, 0) is 30.3 Å². The van der Waals surface area contributed by atoms with Gasteiger partial charge in [-0.3, -0.25) is 9.48 Å². The molecule has 3 aromatic heterocycles. The molecule has 5 rings (SSSR count). The van der Waals surface area contributed by atoms with Gasteiger partial charge >= 0.3 is 5.97 Å². The van der Waals surface area contributed by atoms with Crippen LogP contribution in [-0.2, 0) is 17.8 Å². The number of halogens is 3. The van der Waals surface area contributed by atoms with Gasteiger partial charge in [0.1, 0.15) is 17.4 Å². The summed E-state index contributed by atoms with van der Waals surface area (Å²) in [5.41, 5.74) is 1.67. The van der Waals surface area contributed by atoms with Gasteiger partial charge in [0.15, 0.2) is 17.4 Å². The Kier molecular flexibility index (Phi) is 5.73. The van der Waals surface area contributed by atoms with Gasteiger partial charge in [-0.2, -0.15) is 5.10 Å². The minimum absolute atomic E-state index is 0.0317. The lowest BCUT2D eigenvalue weighted by molar-refractivity contribution is -0.137. The number of aromatic amines is 2. The first-order valence-corrected chi connectivity index (χ1v) is 10.6. The molecular weight excluding hydrogens is 463 g/mol. The van der Waals surface area contributed by atoms with Crippen LogP contribution in [0.1, 0.15) is 17.8 Å². The van der Waals surface area contributed by atoms with Gasteiger partial charge in [0.05, 0.1) is 29.7 Å². The zero-order valence-corrected chi connectivity index (χ0v) is 18.1. The van der Waals surface area contributed by atoms with Crippen LogP contribution in [0, 0.1) is 17.5 Å². The average Bonchev–Trinajstić information content (AvgIpc) is 3.58. The Morgan fingerprint density at radius 3 is 2.80 bits per heavy atom. The van der Waals surface area contributed by atoms with Crippen molar-refractivity contribution in [2.24, 2.45) is 0 Å². The lowest BCUT2D eigenvalue weighted by Crippen LogP contribution is -2.05. The summed E-state index contributed by atoms with van der Waals surface area (Å²) in [5.74, 6) is -3.63. The van der Waals surface area contributed by atoms with Crippen molar-refractivity contribution in [3.8, 4) is 22.9 Å². The molecule has 0 saturated heterocycles. The molecule has 0 aliphatic heterocycles. The van der Waals surface area contributed by atoms with Crippen LogP contribution in [0.15, 0.2) is 55.0 Å². The molecule has 0 saturated carbocycles. The highest BCUT2D eigenvalue weighted by atomic mass is 19.1. The van der Waals surface area contributed by atoms with E-state index in [1.54, 1.807) is 12.3 Å². The molecule has 35 heavy (non-hydrogen) atoms. The third-order valence-corrected chi connectivity index (χ3v) is 5.37. The van der Waals surface area contributed by atoms with Crippen molar-refractivity contribution in [3.05, 3.63) is 83.8 Å². The Morgan fingerprint density at radius 1 is 1.11 bits per heavy atom. The van der Waals surface area contributed by atoms with Gasteiger partial charge < -0.3 is 19.8 Å². The normalized spacial score (nSPS) is 11.3. The van der Waals surface area contributed by atoms with Gasteiger partial charge in [-0.15, -0.1) is 0 Å². The monoisotopic (exact) mass is 481 g/mol. The van der Waals surface area contributed by atoms with Gasteiger partial charge in [0.25, 0.3) is 0 Å². The largest absolute Gasteiger partial charge is 0.481 e. The predicted molar refractivity (Wildman–Crippen MR) is 120 cm³/mol. The van der Waals surface area contributed by atoms with Gasteiger partial charge in [0, 0.05) is 42.2 Å². The summed E-state index contributed by atoms with van der Waals surface area (Å²) >= 11 is 0. The molecule has 2 aromatic carbocycles. The molecule has 0 amide bonds. The maximum atomic E-state index is 14.7. The number of benzene rings is 2. The van der Waals surface area contributed by atoms with E-state index in [-0.39, 0.29) is 35.5 Å². The number of aromatic nitrogens is 5. The number of nitrogens with zero attached hydrogens (tertiary/aromatic N) is 3. The molecule has 0 aliphatic rings. The van der Waals surface area contributed by atoms with E-state index in [1.165, 1.54) is 35.3 Å². The van der Waals surface area contributed by atoms with Gasteiger partial charge in [-0.25, -0.2) is 18.2 Å². The van der Waals surface area contributed by atoms with Crippen molar-refractivity contribution in [1.29, 1.82) is 0 Å². The Labute approximate surface area is 196 Å². The fourth-order valence-corrected chi connectivity index (χ4v) is 3.69. The smallest absolute Gasteiger partial charge is 0.305 e. The van der Waals surface area contributed by atoms with E-state index in [0.29, 0.717) is 23.3 Å². The van der Waals surface area contributed by atoms with Crippen LogP contribution in [0.25, 0.3) is 22.3 Å². The van der Waals surface area contributed by atoms with E-state index in [2.05, 4.69) is 20.1 Å². The third kappa shape index (κ3) is 4.60. The van der Waals surface area contributed by atoms with E-state index in [9.17, 15) is 18.0 Å². The summed E-state index contributed by atoms with van der Waals surface area (Å²) in [5, 5.41) is 13.3. The van der Waals surface area contributed by atoms with Crippen molar-refractivity contribution in [1.82, 2.24) is 24.7 Å². The number of carbonyl (C=O) groups is 1. The summed E-state index contributed by atoms with van der Waals surface area (Å²) in [6.45, 7) is 0.250. The maximum Gasteiger partial charge on any atom is 0.305 e. The Bertz CT molecular complexity index is 1540. The van der Waals surface area contributed by atoms with E-state index in [4.69, 9.17) is 9.84 Å². The first kappa shape index (κ1) is 22.3. The average molecular weight is 481 g/mol. The van der Waals surface area contributed by atoms with E-state index < -0.39 is 29.2 Å². The number of aliphatic carboxylic acids is 1. The minimum atomic E-state index is -0.913. The summed E-state index contributed by atoms with van der Waals surface area (Å²) in [6.07, 6.45) is 5.01. The zero-order valence-electron chi connectivity index (χ0n) is 18.1. The quantitative estimate of drug-likeness (QED) is 0.288. The number of hydrogen-bond donors (Lipinski definition) is 3. The molecule has 0 spiro atoms. The lowest BCUT2D eigenvalue weighted by Gasteiger charge is -2.10. The van der Waals surface area contributed by atoms with Crippen LogP contribution in [-0.4, -0.2) is 35.8 Å². The van der Waals surface area contributed by atoms with Crippen LogP contribution in [0.3, 0.4) is 0 Å². The molecule has 0 atom stereocenters. The zero-order chi connectivity index (χ0) is 24.5. The van der Waals surface area contributed by atoms with Gasteiger partial charge in [0.2, 0.25) is 0 Å². The van der Waals surface area contributed by atoms with E-state index >= 15 is 0 Å². The molecule has 3 heterocycles. The highest BCUT2D eigenvalue weighted by Crippen LogP contribution is 2.34. The molecule has 178 valence electrons. The molecule has 8 nitrogen and oxygen atoms in total. The summed E-state index contributed by atoms with van der Waals surface area (Å²) in [7, 11) is 0. The Morgan fingerprint density at radius 2 is 1.97 bits per heavy atom. The Balaban J connectivity index is 1.36. The SMILES string of the molecule is O=C(O)CCn1ccc(Cc2cnc(-c3cc(Oc4c(F)cc5[nH]ccc5c4F)ccc3F)[nH]2)n1. The number of H-pyrrole nitrogens is 2. The number of hydrogen-bond acceptors (Lipinski definition) is 4. The second-order valence-electron chi connectivity index (χ2n) is 7.83. The molecular formula is C24H18F3N5O3. The van der Waals surface area contributed by atoms with Crippen LogP contribution >= 0.6 is 0 Å². The number of aryl methyl sites for hydroxylation is 1. The third-order valence-electron chi connectivity index (χ3n) is 5.37. The minimum Gasteiger partial charge on any atom is -0.481 e. The topological polar surface area (TPSA) is 109 Å². The van der Waals surface area contributed by atoms with E-state index in [0.717, 1.165) is 12.1 Å². The van der Waals surface area contributed by atoms with Crippen LogP contribution in [0.2, 0.25) is 0 Å². The second kappa shape index (κ2) is 9.01. The second-order valence-corrected chi connectivity index (χ2v) is 7.83. The first-order valence-electron chi connectivity index (χ1n) is 10.6. The highest BCUT2D eigenvalue weighted by molar-refractivity contribution is 5.82. The molecule has 11 heteroatoms. The molecule has 0 aliphatic carbocycles. The number of carboxylic acids is 1. The molecule has 0 fully saturated rings. The van der Waals surface area contributed by atoms with Crippen molar-refractivity contribution < 1.29 is 27.8 Å². The number of ether oxygens (including phenoxy) is 1. The fraction of sp³-hybridized carbons (Fsp3) is 0.125. The fourth-order valence-electron chi connectivity index (χ4n) is 3.69.